The number of piperidine rings is 1. The first kappa shape index (κ1) is 27.9. The lowest BCUT2D eigenvalue weighted by Gasteiger charge is -2.26. The molecule has 1 aromatic heterocycles. The van der Waals surface area contributed by atoms with Crippen molar-refractivity contribution in [2.24, 2.45) is 4.99 Å². The molecule has 1 unspecified atom stereocenters. The van der Waals surface area contributed by atoms with Gasteiger partial charge in [-0.2, -0.15) is 0 Å². The second-order valence-electron chi connectivity index (χ2n) is 10.8. The third-order valence-electron chi connectivity index (χ3n) is 7.76. The summed E-state index contributed by atoms with van der Waals surface area (Å²) in [4.78, 5) is 20.9. The molecule has 0 saturated carbocycles. The molecule has 3 heterocycles. The zero-order valence-electron chi connectivity index (χ0n) is 23.6. The number of hydrogen-bond donors (Lipinski definition) is 2. The van der Waals surface area contributed by atoms with Crippen molar-refractivity contribution in [3.05, 3.63) is 101 Å². The minimum Gasteiger partial charge on any atom is -0.360 e. The first-order chi connectivity index (χ1) is 20.3. The van der Waals surface area contributed by atoms with E-state index in [-0.39, 0.29) is 22.3 Å². The molecular weight excluding hydrogens is 550 g/mol. The van der Waals surface area contributed by atoms with Gasteiger partial charge < -0.3 is 9.84 Å². The van der Waals surface area contributed by atoms with Crippen LogP contribution in [0.2, 0.25) is 0 Å². The monoisotopic (exact) mass is 583 g/mol. The van der Waals surface area contributed by atoms with Crippen molar-refractivity contribution < 1.29 is 17.7 Å². The summed E-state index contributed by atoms with van der Waals surface area (Å²) < 4.78 is 34.0. The van der Waals surface area contributed by atoms with Gasteiger partial charge in [0.05, 0.1) is 11.4 Å². The van der Waals surface area contributed by atoms with Crippen LogP contribution in [0.5, 0.6) is 0 Å². The fourth-order valence-electron chi connectivity index (χ4n) is 5.76. The van der Waals surface area contributed by atoms with Gasteiger partial charge in [-0.05, 0) is 86.8 Å². The molecule has 1 saturated heterocycles. The molecule has 0 spiro atoms. The van der Waals surface area contributed by atoms with Crippen LogP contribution in [0.25, 0.3) is 0 Å². The molecule has 9 nitrogen and oxygen atoms in total. The van der Waals surface area contributed by atoms with Gasteiger partial charge in [-0.25, -0.2) is 8.42 Å². The van der Waals surface area contributed by atoms with E-state index < -0.39 is 15.9 Å². The number of anilines is 2. The number of hydrogen-bond acceptors (Lipinski definition) is 7. The summed E-state index contributed by atoms with van der Waals surface area (Å²) in [6.45, 7) is 6.31. The van der Waals surface area contributed by atoms with Gasteiger partial charge in [-0.1, -0.05) is 54.0 Å². The first-order valence-corrected chi connectivity index (χ1v) is 15.6. The fourth-order valence-corrected chi connectivity index (χ4v) is 7.14. The smallest absolute Gasteiger partial charge is 0.267 e. The van der Waals surface area contributed by atoms with Gasteiger partial charge in [0.1, 0.15) is 11.6 Å². The number of rotatable bonds is 8. The number of amides is 1. The largest absolute Gasteiger partial charge is 0.360 e. The van der Waals surface area contributed by atoms with E-state index in [1.165, 1.54) is 24.8 Å². The second-order valence-corrected chi connectivity index (χ2v) is 12.5. The number of likely N-dealkylation sites (tertiary alicyclic amines) is 1. The number of carbonyl (C=O) groups is 1. The van der Waals surface area contributed by atoms with Gasteiger partial charge in [0.2, 0.25) is 5.91 Å². The molecule has 0 bridgehead atoms. The summed E-state index contributed by atoms with van der Waals surface area (Å²) in [6.07, 6.45) is 3.80. The minimum absolute atomic E-state index is 0.00372. The lowest BCUT2D eigenvalue weighted by atomic mass is 9.90. The first-order valence-electron chi connectivity index (χ1n) is 14.1. The van der Waals surface area contributed by atoms with Crippen LogP contribution in [-0.4, -0.2) is 43.2 Å². The zero-order chi connectivity index (χ0) is 29.3. The molecule has 10 heteroatoms. The van der Waals surface area contributed by atoms with Crippen molar-refractivity contribution in [1.29, 1.82) is 0 Å². The molecule has 0 aliphatic carbocycles. The average Bonchev–Trinajstić information content (AvgIpc) is 3.50. The van der Waals surface area contributed by atoms with Crippen molar-refractivity contribution in [2.45, 2.75) is 50.5 Å². The highest BCUT2D eigenvalue weighted by Crippen LogP contribution is 2.38. The van der Waals surface area contributed by atoms with Crippen molar-refractivity contribution >= 4 is 38.7 Å². The van der Waals surface area contributed by atoms with Gasteiger partial charge in [-0.3, -0.25) is 19.4 Å². The Balaban J connectivity index is 1.34. The van der Waals surface area contributed by atoms with E-state index in [1.54, 1.807) is 32.0 Å². The van der Waals surface area contributed by atoms with Gasteiger partial charge >= 0.3 is 0 Å². The molecular formula is C32H33N5O4S. The van der Waals surface area contributed by atoms with Crippen LogP contribution in [0.1, 0.15) is 53.3 Å². The normalized spacial score (nSPS) is 17.6. The van der Waals surface area contributed by atoms with Crippen molar-refractivity contribution in [3.8, 4) is 0 Å². The Morgan fingerprint density at radius 3 is 2.45 bits per heavy atom. The Bertz CT molecular complexity index is 1720. The summed E-state index contributed by atoms with van der Waals surface area (Å²) >= 11 is 0. The van der Waals surface area contributed by atoms with Crippen LogP contribution in [0.4, 0.5) is 17.1 Å². The Morgan fingerprint density at radius 2 is 1.76 bits per heavy atom. The van der Waals surface area contributed by atoms with Crippen LogP contribution in [0.3, 0.4) is 0 Å². The predicted molar refractivity (Wildman–Crippen MR) is 163 cm³/mol. The van der Waals surface area contributed by atoms with E-state index >= 15 is 0 Å². The number of aryl methyl sites for hydroxylation is 2. The molecule has 2 aliphatic heterocycles. The summed E-state index contributed by atoms with van der Waals surface area (Å²) in [6, 6.07) is 22.8. The maximum absolute atomic E-state index is 13.4. The predicted octanol–water partition coefficient (Wildman–Crippen LogP) is 5.93. The number of carbonyl (C=O) groups excluding carboxylic acids is 1. The third-order valence-corrected chi connectivity index (χ3v) is 9.38. The number of sulfonamides is 1. The summed E-state index contributed by atoms with van der Waals surface area (Å²) in [7, 11) is -3.96. The zero-order valence-corrected chi connectivity index (χ0v) is 24.4. The van der Waals surface area contributed by atoms with Gasteiger partial charge in [-0.15, -0.1) is 0 Å². The van der Waals surface area contributed by atoms with Crippen LogP contribution in [0.15, 0.2) is 87.2 Å². The van der Waals surface area contributed by atoms with Gasteiger partial charge in [0.15, 0.2) is 10.7 Å². The number of aliphatic imine (C=N–C) groups is 1. The van der Waals surface area contributed by atoms with E-state index in [0.717, 1.165) is 30.9 Å². The average molecular weight is 584 g/mol. The quantitative estimate of drug-likeness (QED) is 0.248. The number of nitrogens with zero attached hydrogens (tertiary/aromatic N) is 3. The number of fused-ring (bicyclic) bond motifs is 1. The number of nitrogens with one attached hydrogen (secondary N) is 2. The fraction of sp³-hybridized carbons (Fsp3) is 0.281. The van der Waals surface area contributed by atoms with E-state index in [9.17, 15) is 13.2 Å². The van der Waals surface area contributed by atoms with E-state index in [2.05, 4.69) is 32.2 Å². The number of benzene rings is 3. The van der Waals surface area contributed by atoms with Crippen molar-refractivity contribution in [3.63, 3.8) is 0 Å². The standard InChI is InChI=1S/C32H33N5O4S/c1-21-31(22(2)41-35-21)42(39,40)36-26-15-16-28-27(19-26)29(32(38)34-28)30(24-9-5-3-6-10-24)33-25-13-11-23(12-14-25)20-37-17-7-4-8-18-37/h3,5-6,9-16,19,29,36H,4,7-8,17-18,20H2,1-2H3,(H,34,38). The highest BCUT2D eigenvalue weighted by molar-refractivity contribution is 7.92. The SMILES string of the molecule is Cc1noc(C)c1S(=O)(=O)Nc1ccc2c(c1)C(C(=Nc1ccc(CN3CCCCC3)cc1)c1ccccc1)C(=O)N2. The van der Waals surface area contributed by atoms with Gasteiger partial charge in [0, 0.05) is 17.9 Å². The second kappa shape index (κ2) is 11.5. The van der Waals surface area contributed by atoms with Gasteiger partial charge in [0.25, 0.3) is 10.0 Å². The lowest BCUT2D eigenvalue weighted by Crippen LogP contribution is -2.28. The summed E-state index contributed by atoms with van der Waals surface area (Å²) in [5.41, 5.74) is 5.23. The van der Waals surface area contributed by atoms with Crippen LogP contribution in [0, 0.1) is 13.8 Å². The highest BCUT2D eigenvalue weighted by atomic mass is 32.2. The van der Waals surface area contributed by atoms with Crippen molar-refractivity contribution in [2.75, 3.05) is 23.1 Å². The third kappa shape index (κ3) is 5.73. The Morgan fingerprint density at radius 1 is 1.02 bits per heavy atom. The highest BCUT2D eigenvalue weighted by Gasteiger charge is 2.36. The molecule has 4 aromatic rings. The maximum Gasteiger partial charge on any atom is 0.267 e. The Kier molecular flexibility index (Phi) is 7.66. The molecule has 1 atom stereocenters. The van der Waals surface area contributed by atoms with E-state index in [0.29, 0.717) is 22.6 Å². The summed E-state index contributed by atoms with van der Waals surface area (Å²) in [5.74, 6) is -0.754. The molecule has 2 N–H and O–H groups in total. The lowest BCUT2D eigenvalue weighted by molar-refractivity contribution is -0.115. The molecule has 6 rings (SSSR count). The van der Waals surface area contributed by atoms with Crippen LogP contribution >= 0.6 is 0 Å². The maximum atomic E-state index is 13.4. The number of aromatic nitrogens is 1. The molecule has 1 fully saturated rings. The van der Waals surface area contributed by atoms with Crippen LogP contribution < -0.4 is 10.0 Å². The molecule has 2 aliphatic rings. The van der Waals surface area contributed by atoms with E-state index in [4.69, 9.17) is 9.52 Å². The molecule has 3 aromatic carbocycles. The Labute approximate surface area is 245 Å². The van der Waals surface area contributed by atoms with E-state index in [1.807, 2.05) is 42.5 Å². The molecule has 216 valence electrons. The minimum atomic E-state index is -3.96. The van der Waals surface area contributed by atoms with Crippen LogP contribution in [-0.2, 0) is 21.4 Å². The topological polar surface area (TPSA) is 117 Å². The molecule has 1 amide bonds. The molecule has 42 heavy (non-hydrogen) atoms. The summed E-state index contributed by atoms with van der Waals surface area (Å²) in [5, 5.41) is 6.71. The molecule has 0 radical (unpaired) electrons. The van der Waals surface area contributed by atoms with Crippen molar-refractivity contribution in [1.82, 2.24) is 10.1 Å². The Hall–Kier alpha value is -4.28.